The second-order valence-corrected chi connectivity index (χ2v) is 5.18. The third kappa shape index (κ3) is 3.73. The van der Waals surface area contributed by atoms with Crippen molar-refractivity contribution in [2.45, 2.75) is 12.8 Å². The topological polar surface area (TPSA) is 41.9 Å². The summed E-state index contributed by atoms with van der Waals surface area (Å²) >= 11 is 0. The lowest BCUT2D eigenvalue weighted by molar-refractivity contribution is -0.129. The Morgan fingerprint density at radius 1 is 1.00 bits per heavy atom. The van der Waals surface area contributed by atoms with Crippen LogP contribution in [0, 0.1) is 0 Å². The average Bonchev–Trinajstić information content (AvgIpc) is 2.89. The first-order valence-electron chi connectivity index (χ1n) is 7.40. The number of hydrogen-bond acceptors (Lipinski definition) is 3. The number of para-hydroxylation sites is 1. The molecular formula is C18H18N2O2. The summed E-state index contributed by atoms with van der Waals surface area (Å²) in [5.74, 6) is 0.852. The van der Waals surface area contributed by atoms with Gasteiger partial charge < -0.3 is 4.74 Å². The molecule has 4 nitrogen and oxygen atoms in total. The Balaban J connectivity index is 1.52. The van der Waals surface area contributed by atoms with E-state index in [1.165, 1.54) is 10.6 Å². The molecular weight excluding hydrogens is 276 g/mol. The van der Waals surface area contributed by atoms with Gasteiger partial charge in [-0.25, -0.2) is 5.01 Å². The summed E-state index contributed by atoms with van der Waals surface area (Å²) in [5.41, 5.74) is 2.09. The van der Waals surface area contributed by atoms with Crippen LogP contribution in [0.1, 0.15) is 12.0 Å². The fraction of sp³-hybridized carbons (Fsp3) is 0.222. The number of carbonyl (C=O) groups is 1. The van der Waals surface area contributed by atoms with Gasteiger partial charge in [-0.3, -0.25) is 4.79 Å². The molecule has 4 heteroatoms. The van der Waals surface area contributed by atoms with Crippen molar-refractivity contribution in [1.82, 2.24) is 5.01 Å². The fourth-order valence-electron chi connectivity index (χ4n) is 2.40. The van der Waals surface area contributed by atoms with Crippen molar-refractivity contribution in [1.29, 1.82) is 0 Å². The second-order valence-electron chi connectivity index (χ2n) is 5.18. The summed E-state index contributed by atoms with van der Waals surface area (Å²) < 4.78 is 5.61. The smallest absolute Gasteiger partial charge is 0.248 e. The zero-order valence-corrected chi connectivity index (χ0v) is 12.3. The molecule has 0 saturated heterocycles. The summed E-state index contributed by atoms with van der Waals surface area (Å²) in [7, 11) is 0. The highest BCUT2D eigenvalue weighted by atomic mass is 16.5. The molecule has 0 N–H and O–H groups in total. The van der Waals surface area contributed by atoms with Gasteiger partial charge in [0, 0.05) is 6.42 Å². The Morgan fingerprint density at radius 2 is 1.68 bits per heavy atom. The molecule has 0 atom stereocenters. The van der Waals surface area contributed by atoms with E-state index in [-0.39, 0.29) is 5.91 Å². The lowest BCUT2D eigenvalue weighted by Crippen LogP contribution is -2.26. The lowest BCUT2D eigenvalue weighted by Gasteiger charge is -2.12. The minimum Gasteiger partial charge on any atom is -0.492 e. The number of hydrogen-bond donors (Lipinski definition) is 0. The van der Waals surface area contributed by atoms with Crippen LogP contribution in [0.4, 0.5) is 0 Å². The minimum atomic E-state index is 0.0441. The molecule has 0 aliphatic carbocycles. The van der Waals surface area contributed by atoms with Gasteiger partial charge in [0.2, 0.25) is 5.91 Å². The summed E-state index contributed by atoms with van der Waals surface area (Å²) in [6.45, 7) is 0.921. The first kappa shape index (κ1) is 14.3. The highest BCUT2D eigenvalue weighted by Gasteiger charge is 2.23. The van der Waals surface area contributed by atoms with E-state index in [1.54, 1.807) is 0 Å². The summed E-state index contributed by atoms with van der Waals surface area (Å²) in [6, 6.07) is 19.7. The highest BCUT2D eigenvalue weighted by Crippen LogP contribution is 2.13. The van der Waals surface area contributed by atoms with Crippen molar-refractivity contribution >= 4 is 11.6 Å². The van der Waals surface area contributed by atoms with Gasteiger partial charge in [-0.05, 0) is 17.7 Å². The predicted octanol–water partition coefficient (Wildman–Crippen LogP) is 2.90. The number of nitrogens with zero attached hydrogens (tertiary/aromatic N) is 2. The van der Waals surface area contributed by atoms with Crippen LogP contribution >= 0.6 is 0 Å². The van der Waals surface area contributed by atoms with Crippen LogP contribution in [0.25, 0.3) is 0 Å². The van der Waals surface area contributed by atoms with E-state index in [0.717, 1.165) is 17.9 Å². The molecule has 0 fully saturated rings. The molecule has 0 bridgehead atoms. The Hall–Kier alpha value is -2.62. The first-order valence-corrected chi connectivity index (χ1v) is 7.40. The Bertz CT molecular complexity index is 653. The molecule has 3 rings (SSSR count). The fourth-order valence-corrected chi connectivity index (χ4v) is 2.40. The zero-order valence-electron chi connectivity index (χ0n) is 12.3. The van der Waals surface area contributed by atoms with Gasteiger partial charge in [-0.2, -0.15) is 5.10 Å². The number of rotatable bonds is 6. The molecule has 2 aromatic rings. The van der Waals surface area contributed by atoms with Crippen LogP contribution in [0.15, 0.2) is 65.8 Å². The lowest BCUT2D eigenvalue weighted by atomic mass is 10.1. The number of ether oxygens (including phenoxy) is 1. The Kier molecular flexibility index (Phi) is 4.49. The van der Waals surface area contributed by atoms with E-state index in [1.807, 2.05) is 60.7 Å². The predicted molar refractivity (Wildman–Crippen MR) is 85.8 cm³/mol. The highest BCUT2D eigenvalue weighted by molar-refractivity contribution is 6.05. The van der Waals surface area contributed by atoms with Gasteiger partial charge in [0.1, 0.15) is 12.4 Å². The van der Waals surface area contributed by atoms with Gasteiger partial charge in [-0.15, -0.1) is 0 Å². The zero-order chi connectivity index (χ0) is 15.2. The van der Waals surface area contributed by atoms with Gasteiger partial charge in [0.15, 0.2) is 0 Å². The van der Waals surface area contributed by atoms with E-state index in [2.05, 4.69) is 5.10 Å². The van der Waals surface area contributed by atoms with Crippen LogP contribution in [-0.4, -0.2) is 29.8 Å². The molecule has 0 radical (unpaired) electrons. The van der Waals surface area contributed by atoms with Gasteiger partial charge in [-0.1, -0.05) is 48.5 Å². The first-order chi connectivity index (χ1) is 10.8. The second kappa shape index (κ2) is 6.89. The summed E-state index contributed by atoms with van der Waals surface area (Å²) in [6.07, 6.45) is 1.13. The third-order valence-corrected chi connectivity index (χ3v) is 3.47. The van der Waals surface area contributed by atoms with Crippen molar-refractivity contribution in [2.75, 3.05) is 13.2 Å². The van der Waals surface area contributed by atoms with Crippen molar-refractivity contribution < 1.29 is 9.53 Å². The standard InChI is InChI=1S/C18H18N2O2/c21-18-14-16(13-15-7-3-1-4-8-15)19-20(18)11-12-22-17-9-5-2-6-10-17/h1-10H,11-14H2. The van der Waals surface area contributed by atoms with Crippen LogP contribution in [-0.2, 0) is 11.2 Å². The Morgan fingerprint density at radius 3 is 2.41 bits per heavy atom. The van der Waals surface area contributed by atoms with Crippen LogP contribution in [0.5, 0.6) is 5.75 Å². The molecule has 0 saturated carbocycles. The molecule has 0 unspecified atom stereocenters. The maximum Gasteiger partial charge on any atom is 0.248 e. The van der Waals surface area contributed by atoms with Gasteiger partial charge in [0.05, 0.1) is 18.7 Å². The van der Waals surface area contributed by atoms with E-state index in [9.17, 15) is 4.79 Å². The largest absolute Gasteiger partial charge is 0.492 e. The summed E-state index contributed by atoms with van der Waals surface area (Å²) in [5, 5.41) is 5.93. The monoisotopic (exact) mass is 294 g/mol. The quantitative estimate of drug-likeness (QED) is 0.822. The van der Waals surface area contributed by atoms with Crippen LogP contribution < -0.4 is 4.74 Å². The van der Waals surface area contributed by atoms with E-state index in [0.29, 0.717) is 19.6 Å². The SMILES string of the molecule is O=C1CC(Cc2ccccc2)=NN1CCOc1ccccc1. The van der Waals surface area contributed by atoms with E-state index in [4.69, 9.17) is 4.74 Å². The molecule has 2 aromatic carbocycles. The number of amides is 1. The maximum absolute atomic E-state index is 12.0. The molecule has 112 valence electrons. The maximum atomic E-state index is 12.0. The number of hydrazone groups is 1. The molecule has 1 aliphatic rings. The molecule has 1 amide bonds. The van der Waals surface area contributed by atoms with Crippen molar-refractivity contribution in [3.63, 3.8) is 0 Å². The molecule has 22 heavy (non-hydrogen) atoms. The van der Waals surface area contributed by atoms with Crippen molar-refractivity contribution in [2.24, 2.45) is 5.10 Å². The molecule has 1 aliphatic heterocycles. The minimum absolute atomic E-state index is 0.0441. The summed E-state index contributed by atoms with van der Waals surface area (Å²) in [4.78, 5) is 12.0. The number of carbonyl (C=O) groups excluding carboxylic acids is 1. The molecule has 0 spiro atoms. The third-order valence-electron chi connectivity index (χ3n) is 3.47. The van der Waals surface area contributed by atoms with Crippen molar-refractivity contribution in [3.8, 4) is 5.75 Å². The average molecular weight is 294 g/mol. The van der Waals surface area contributed by atoms with E-state index < -0.39 is 0 Å². The molecule has 0 aromatic heterocycles. The van der Waals surface area contributed by atoms with Gasteiger partial charge in [0.25, 0.3) is 0 Å². The molecule has 1 heterocycles. The van der Waals surface area contributed by atoms with Crippen molar-refractivity contribution in [3.05, 3.63) is 66.2 Å². The Labute approximate surface area is 130 Å². The number of benzene rings is 2. The normalized spacial score (nSPS) is 14.1. The van der Waals surface area contributed by atoms with Gasteiger partial charge >= 0.3 is 0 Å². The van der Waals surface area contributed by atoms with E-state index >= 15 is 0 Å². The van der Waals surface area contributed by atoms with Crippen LogP contribution in [0.2, 0.25) is 0 Å². The van der Waals surface area contributed by atoms with Crippen LogP contribution in [0.3, 0.4) is 0 Å².